The average Bonchev–Trinajstić information content (AvgIpc) is 3.06. The molecule has 0 saturated carbocycles. The second-order valence-corrected chi connectivity index (χ2v) is 7.21. The number of thioether (sulfide) groups is 1. The predicted octanol–water partition coefficient (Wildman–Crippen LogP) is 1.72. The van der Waals surface area contributed by atoms with Gasteiger partial charge in [0.05, 0.1) is 13.2 Å². The van der Waals surface area contributed by atoms with Crippen LogP contribution in [0.4, 0.5) is 10.6 Å². The topological polar surface area (TPSA) is 66.5 Å². The van der Waals surface area contributed by atoms with E-state index in [9.17, 15) is 4.79 Å². The highest BCUT2D eigenvalue weighted by atomic mass is 32.2. The highest BCUT2D eigenvalue weighted by Crippen LogP contribution is 2.33. The molecule has 23 heavy (non-hydrogen) atoms. The zero-order valence-electron chi connectivity index (χ0n) is 13.5. The van der Waals surface area contributed by atoms with E-state index in [0.717, 1.165) is 49.8 Å². The number of rotatable bonds is 4. The van der Waals surface area contributed by atoms with Crippen LogP contribution in [-0.4, -0.2) is 65.8 Å². The van der Waals surface area contributed by atoms with Crippen molar-refractivity contribution in [3.63, 3.8) is 0 Å². The van der Waals surface area contributed by atoms with Crippen LogP contribution in [0.1, 0.15) is 12.0 Å². The number of hydrogen-bond acceptors (Lipinski definition) is 5. The van der Waals surface area contributed by atoms with E-state index in [1.807, 2.05) is 30.8 Å². The highest BCUT2D eigenvalue weighted by molar-refractivity contribution is 7.99. The Kier molecular flexibility index (Phi) is 5.40. The van der Waals surface area contributed by atoms with Crippen molar-refractivity contribution in [2.24, 2.45) is 0 Å². The van der Waals surface area contributed by atoms with Crippen LogP contribution in [-0.2, 0) is 4.74 Å². The van der Waals surface area contributed by atoms with Crippen LogP contribution < -0.4 is 10.6 Å². The number of anilines is 1. The van der Waals surface area contributed by atoms with E-state index in [-0.39, 0.29) is 11.6 Å². The first-order valence-corrected chi connectivity index (χ1v) is 9.22. The van der Waals surface area contributed by atoms with E-state index in [1.54, 1.807) is 6.20 Å². The number of nitrogens with zero attached hydrogens (tertiary/aromatic N) is 2. The van der Waals surface area contributed by atoms with Gasteiger partial charge in [-0.2, -0.15) is 11.8 Å². The summed E-state index contributed by atoms with van der Waals surface area (Å²) in [5, 5.41) is 5.90. The molecule has 0 aliphatic carbocycles. The van der Waals surface area contributed by atoms with Crippen molar-refractivity contribution < 1.29 is 9.53 Å². The summed E-state index contributed by atoms with van der Waals surface area (Å²) in [4.78, 5) is 18.9. The Balaban J connectivity index is 1.58. The number of aromatic nitrogens is 1. The fourth-order valence-corrected chi connectivity index (χ4v) is 4.63. The third kappa shape index (κ3) is 3.97. The molecule has 2 saturated heterocycles. The Morgan fingerprint density at radius 2 is 2.30 bits per heavy atom. The molecule has 0 bridgehead atoms. The maximum absolute atomic E-state index is 12.2. The smallest absolute Gasteiger partial charge is 0.320 e. The second kappa shape index (κ2) is 7.51. The third-order valence-corrected chi connectivity index (χ3v) is 5.82. The molecule has 7 heteroatoms. The van der Waals surface area contributed by atoms with Gasteiger partial charge in [0.2, 0.25) is 0 Å². The molecule has 6 nitrogen and oxygen atoms in total. The van der Waals surface area contributed by atoms with Crippen molar-refractivity contribution in [3.05, 3.63) is 23.9 Å². The van der Waals surface area contributed by atoms with Crippen molar-refractivity contribution in [2.45, 2.75) is 18.9 Å². The minimum absolute atomic E-state index is 0.0605. The summed E-state index contributed by atoms with van der Waals surface area (Å²) in [5.41, 5.74) is 1.02. The van der Waals surface area contributed by atoms with Gasteiger partial charge in [-0.3, -0.25) is 10.2 Å². The summed E-state index contributed by atoms with van der Waals surface area (Å²) < 4.78 is 5.47. The zero-order chi connectivity index (χ0) is 16.1. The monoisotopic (exact) mass is 336 g/mol. The summed E-state index contributed by atoms with van der Waals surface area (Å²) >= 11 is 1.97. The average molecular weight is 336 g/mol. The molecular weight excluding hydrogens is 312 g/mol. The van der Waals surface area contributed by atoms with Gasteiger partial charge in [0, 0.05) is 37.1 Å². The lowest BCUT2D eigenvalue weighted by atomic mass is 9.95. The molecular formula is C16H24N4O2S. The van der Waals surface area contributed by atoms with E-state index in [2.05, 4.69) is 20.5 Å². The maximum Gasteiger partial charge on any atom is 0.320 e. The van der Waals surface area contributed by atoms with Gasteiger partial charge in [-0.15, -0.1) is 0 Å². The largest absolute Gasteiger partial charge is 0.379 e. The van der Waals surface area contributed by atoms with E-state index < -0.39 is 0 Å². The number of aryl methyl sites for hydroxylation is 1. The third-order valence-electron chi connectivity index (χ3n) is 4.58. The molecule has 0 unspecified atom stereocenters. The molecule has 2 fully saturated rings. The minimum atomic E-state index is -0.184. The molecule has 2 N–H and O–H groups in total. The second-order valence-electron chi connectivity index (χ2n) is 6.10. The SMILES string of the molecule is Cc1cccnc1NC(=O)NC[C@]1(N2CCOCC2)CCSC1. The number of carbonyl (C=O) groups is 1. The molecule has 1 aromatic rings. The van der Waals surface area contributed by atoms with Crippen molar-refractivity contribution in [3.8, 4) is 0 Å². The minimum Gasteiger partial charge on any atom is -0.379 e. The summed E-state index contributed by atoms with van der Waals surface area (Å²) in [6.07, 6.45) is 2.80. The molecule has 0 spiro atoms. The lowest BCUT2D eigenvalue weighted by Crippen LogP contribution is -2.59. The molecule has 126 valence electrons. The van der Waals surface area contributed by atoms with Crippen LogP contribution in [0, 0.1) is 6.92 Å². The number of amides is 2. The van der Waals surface area contributed by atoms with Gasteiger partial charge < -0.3 is 10.1 Å². The summed E-state index contributed by atoms with van der Waals surface area (Å²) in [5.74, 6) is 2.84. The van der Waals surface area contributed by atoms with Crippen molar-refractivity contribution in [1.82, 2.24) is 15.2 Å². The highest BCUT2D eigenvalue weighted by Gasteiger charge is 2.40. The Hall–Kier alpha value is -1.31. The van der Waals surface area contributed by atoms with Crippen LogP contribution in [0.5, 0.6) is 0 Å². The Morgan fingerprint density at radius 1 is 1.48 bits per heavy atom. The molecule has 3 rings (SSSR count). The van der Waals surface area contributed by atoms with Crippen LogP contribution in [0.15, 0.2) is 18.3 Å². The molecule has 0 aromatic carbocycles. The van der Waals surface area contributed by atoms with Crippen molar-refractivity contribution >= 4 is 23.6 Å². The number of ether oxygens (including phenoxy) is 1. The fourth-order valence-electron chi connectivity index (χ4n) is 3.15. The van der Waals surface area contributed by atoms with E-state index in [1.165, 1.54) is 0 Å². The molecule has 2 aliphatic heterocycles. The van der Waals surface area contributed by atoms with Gasteiger partial charge in [0.1, 0.15) is 5.82 Å². The number of urea groups is 1. The molecule has 2 aliphatic rings. The van der Waals surface area contributed by atoms with Crippen molar-refractivity contribution in [1.29, 1.82) is 0 Å². The van der Waals surface area contributed by atoms with E-state index >= 15 is 0 Å². The van der Waals surface area contributed by atoms with Gasteiger partial charge in [0.15, 0.2) is 0 Å². The standard InChI is InChI=1S/C16H24N4O2S/c1-13-3-2-5-17-14(13)19-15(21)18-11-16(4-10-23-12-16)20-6-8-22-9-7-20/h2-3,5H,4,6-12H2,1H3,(H2,17,18,19,21)/t16-/m1/s1. The van der Waals surface area contributed by atoms with Crippen LogP contribution in [0.3, 0.4) is 0 Å². The number of hydrogen-bond donors (Lipinski definition) is 2. The number of nitrogens with one attached hydrogen (secondary N) is 2. The lowest BCUT2D eigenvalue weighted by molar-refractivity contribution is -0.0123. The van der Waals surface area contributed by atoms with E-state index in [0.29, 0.717) is 12.4 Å². The molecule has 2 amide bonds. The normalized spacial score (nSPS) is 25.3. The molecule has 1 atom stereocenters. The first-order valence-electron chi connectivity index (χ1n) is 8.07. The van der Waals surface area contributed by atoms with E-state index in [4.69, 9.17) is 4.74 Å². The Bertz CT molecular complexity index is 543. The van der Waals surface area contributed by atoms with Crippen LogP contribution in [0.2, 0.25) is 0 Å². The number of morpholine rings is 1. The summed E-state index contributed by atoms with van der Waals surface area (Å²) in [7, 11) is 0. The quantitative estimate of drug-likeness (QED) is 0.876. The maximum atomic E-state index is 12.2. The molecule has 1 aromatic heterocycles. The zero-order valence-corrected chi connectivity index (χ0v) is 14.3. The fraction of sp³-hybridized carbons (Fsp3) is 0.625. The van der Waals surface area contributed by atoms with Gasteiger partial charge in [-0.25, -0.2) is 9.78 Å². The molecule has 0 radical (unpaired) electrons. The first kappa shape index (κ1) is 16.5. The van der Waals surface area contributed by atoms with Crippen LogP contribution in [0.25, 0.3) is 0 Å². The van der Waals surface area contributed by atoms with Gasteiger partial charge in [-0.1, -0.05) is 6.07 Å². The number of pyridine rings is 1. The number of carbonyl (C=O) groups excluding carboxylic acids is 1. The first-order chi connectivity index (χ1) is 11.2. The van der Waals surface area contributed by atoms with Gasteiger partial charge >= 0.3 is 6.03 Å². The van der Waals surface area contributed by atoms with Gasteiger partial charge in [0.25, 0.3) is 0 Å². The lowest BCUT2D eigenvalue weighted by Gasteiger charge is -2.43. The Labute approximate surface area is 141 Å². The summed E-state index contributed by atoms with van der Waals surface area (Å²) in [6.45, 7) is 6.06. The molecule has 3 heterocycles. The predicted molar refractivity (Wildman–Crippen MR) is 93.1 cm³/mol. The Morgan fingerprint density at radius 3 is 3.00 bits per heavy atom. The van der Waals surface area contributed by atoms with Crippen LogP contribution >= 0.6 is 11.8 Å². The summed E-state index contributed by atoms with van der Waals surface area (Å²) in [6, 6.07) is 3.61. The van der Waals surface area contributed by atoms with Crippen molar-refractivity contribution in [2.75, 3.05) is 49.7 Å². The van der Waals surface area contributed by atoms with Gasteiger partial charge in [-0.05, 0) is 30.7 Å².